The van der Waals surface area contributed by atoms with Gasteiger partial charge >= 0.3 is 0 Å². The van der Waals surface area contributed by atoms with Gasteiger partial charge in [-0.25, -0.2) is 0 Å². The Kier molecular flexibility index (Phi) is 5.99. The molecule has 0 aromatic heterocycles. The number of halogens is 2. The van der Waals surface area contributed by atoms with Gasteiger partial charge in [-0.1, -0.05) is 29.3 Å². The van der Waals surface area contributed by atoms with E-state index >= 15 is 0 Å². The van der Waals surface area contributed by atoms with Gasteiger partial charge in [-0.15, -0.1) is 6.58 Å². The Morgan fingerprint density at radius 3 is 2.64 bits per heavy atom. The molecule has 0 fully saturated rings. The van der Waals surface area contributed by atoms with E-state index in [1.807, 2.05) is 0 Å². The second kappa shape index (κ2) is 6.25. The Bertz CT molecular complexity index is 168. The van der Waals surface area contributed by atoms with Gasteiger partial charge in [0, 0.05) is 17.1 Å². The van der Waals surface area contributed by atoms with E-state index in [2.05, 4.69) is 6.58 Å². The summed E-state index contributed by atoms with van der Waals surface area (Å²) in [5, 5.41) is 0.431. The van der Waals surface area contributed by atoms with E-state index in [4.69, 9.17) is 23.2 Å². The Hall–Kier alpha value is -0.470. The van der Waals surface area contributed by atoms with Crippen LogP contribution in [-0.4, -0.2) is 24.4 Å². The minimum Gasteiger partial charge on any atom is -0.336 e. The lowest BCUT2D eigenvalue weighted by Gasteiger charge is -2.12. The molecule has 0 aliphatic heterocycles. The molecule has 0 rings (SSSR count). The van der Waals surface area contributed by atoms with Crippen molar-refractivity contribution in [1.82, 2.24) is 4.90 Å². The summed E-state index contributed by atoms with van der Waals surface area (Å²) in [6.45, 7) is 4.30. The number of amides is 1. The highest BCUT2D eigenvalue weighted by atomic mass is 35.5. The minimum absolute atomic E-state index is 0.334. The number of hydrogen-bond acceptors (Lipinski definition) is 1. The van der Waals surface area contributed by atoms with Crippen molar-refractivity contribution in [2.45, 2.75) is 0 Å². The van der Waals surface area contributed by atoms with Crippen molar-refractivity contribution in [3.63, 3.8) is 0 Å². The van der Waals surface area contributed by atoms with Crippen molar-refractivity contribution < 1.29 is 4.79 Å². The molecule has 4 heteroatoms. The van der Waals surface area contributed by atoms with E-state index in [-0.39, 0.29) is 0 Å². The van der Waals surface area contributed by atoms with Crippen LogP contribution in [0.25, 0.3) is 0 Å². The van der Waals surface area contributed by atoms with Crippen LogP contribution in [0.1, 0.15) is 0 Å². The molecule has 11 heavy (non-hydrogen) atoms. The summed E-state index contributed by atoms with van der Waals surface area (Å²) in [7, 11) is 0. The number of carbonyl (C=O) groups is 1. The van der Waals surface area contributed by atoms with Crippen molar-refractivity contribution in [2.24, 2.45) is 0 Å². The molecule has 2 nitrogen and oxygen atoms in total. The third-order valence-corrected chi connectivity index (χ3v) is 1.59. The molecule has 0 atom stereocenters. The number of rotatable bonds is 5. The Morgan fingerprint density at radius 1 is 1.64 bits per heavy atom. The van der Waals surface area contributed by atoms with Crippen molar-refractivity contribution in [2.75, 3.05) is 13.1 Å². The third-order valence-electron chi connectivity index (χ3n) is 0.985. The van der Waals surface area contributed by atoms with Gasteiger partial charge in [0.1, 0.15) is 0 Å². The molecule has 0 unspecified atom stereocenters. The van der Waals surface area contributed by atoms with Gasteiger partial charge in [-0.2, -0.15) is 0 Å². The van der Waals surface area contributed by atoms with Gasteiger partial charge < -0.3 is 4.90 Å². The van der Waals surface area contributed by atoms with E-state index in [1.54, 1.807) is 6.08 Å². The molecular weight excluding hydrogens is 185 g/mol. The first kappa shape index (κ1) is 10.5. The van der Waals surface area contributed by atoms with Crippen molar-refractivity contribution >= 4 is 29.6 Å². The zero-order valence-corrected chi connectivity index (χ0v) is 7.48. The molecule has 0 saturated heterocycles. The van der Waals surface area contributed by atoms with Crippen LogP contribution in [0.3, 0.4) is 0 Å². The van der Waals surface area contributed by atoms with E-state index < -0.39 is 0 Å². The molecule has 0 spiro atoms. The van der Waals surface area contributed by atoms with Gasteiger partial charge in [0.2, 0.25) is 6.41 Å². The van der Waals surface area contributed by atoms with Crippen LogP contribution in [0.15, 0.2) is 23.2 Å². The van der Waals surface area contributed by atoms with E-state index in [0.717, 1.165) is 0 Å². The molecular formula is C7H9Cl2NO. The molecule has 0 aliphatic carbocycles. The smallest absolute Gasteiger partial charge is 0.210 e. The van der Waals surface area contributed by atoms with Gasteiger partial charge in [0.25, 0.3) is 0 Å². The first-order chi connectivity index (χ1) is 5.24. The number of hydrogen-bond donors (Lipinski definition) is 0. The highest BCUT2D eigenvalue weighted by molar-refractivity contribution is 6.36. The van der Waals surface area contributed by atoms with Crippen LogP contribution >= 0.6 is 23.2 Å². The molecule has 1 amide bonds. The molecule has 0 aromatic carbocycles. The molecule has 0 N–H and O–H groups in total. The van der Waals surface area contributed by atoms with Crippen LogP contribution in [0.4, 0.5) is 0 Å². The van der Waals surface area contributed by atoms with Crippen LogP contribution in [0.2, 0.25) is 0 Å². The largest absolute Gasteiger partial charge is 0.336 e. The van der Waals surface area contributed by atoms with Gasteiger partial charge in [-0.3, -0.25) is 4.79 Å². The third kappa shape index (κ3) is 4.87. The van der Waals surface area contributed by atoms with E-state index in [9.17, 15) is 4.79 Å². The summed E-state index contributed by atoms with van der Waals surface area (Å²) in [5.41, 5.74) is 1.24. The summed E-state index contributed by atoms with van der Waals surface area (Å²) < 4.78 is 0. The molecule has 0 aromatic rings. The predicted molar refractivity (Wildman–Crippen MR) is 47.6 cm³/mol. The maximum atomic E-state index is 10.3. The van der Waals surface area contributed by atoms with Crippen LogP contribution in [0, 0.1) is 0 Å². The number of carbonyl (C=O) groups excluding carboxylic acids is 1. The second-order valence-electron chi connectivity index (χ2n) is 1.88. The molecule has 0 aliphatic rings. The fourth-order valence-corrected chi connectivity index (χ4v) is 0.762. The number of nitrogens with zero attached hydrogens (tertiary/aromatic N) is 1. The lowest BCUT2D eigenvalue weighted by molar-refractivity contribution is -0.117. The standard InChI is InChI=1S/C7H9Cl2NO/c1-2-3-10(6-11)5-7(9)4-8/h2,4,6H,1,3,5H2/b7-4-. The van der Waals surface area contributed by atoms with Gasteiger partial charge in [0.15, 0.2) is 0 Å². The van der Waals surface area contributed by atoms with Crippen LogP contribution in [0.5, 0.6) is 0 Å². The average Bonchev–Trinajstić information content (AvgIpc) is 2.03. The molecule has 0 saturated carbocycles. The van der Waals surface area contributed by atoms with Crippen molar-refractivity contribution in [1.29, 1.82) is 0 Å². The summed E-state index contributed by atoms with van der Waals surface area (Å²) in [4.78, 5) is 11.7. The molecule has 0 bridgehead atoms. The highest BCUT2D eigenvalue weighted by Crippen LogP contribution is 2.04. The Labute approximate surface area is 76.1 Å². The molecule has 62 valence electrons. The van der Waals surface area contributed by atoms with Crippen molar-refractivity contribution in [3.8, 4) is 0 Å². The maximum Gasteiger partial charge on any atom is 0.210 e. The van der Waals surface area contributed by atoms with E-state index in [0.29, 0.717) is 24.5 Å². The lowest BCUT2D eigenvalue weighted by atomic mass is 10.5. The quantitative estimate of drug-likeness (QED) is 0.483. The zero-order chi connectivity index (χ0) is 8.69. The van der Waals surface area contributed by atoms with Crippen molar-refractivity contribution in [3.05, 3.63) is 23.2 Å². The summed E-state index contributed by atoms with van der Waals surface area (Å²) in [5.74, 6) is 0. The predicted octanol–water partition coefficient (Wildman–Crippen LogP) is 1.95. The summed E-state index contributed by atoms with van der Waals surface area (Å²) in [6.07, 6.45) is 2.32. The maximum absolute atomic E-state index is 10.3. The average molecular weight is 194 g/mol. The second-order valence-corrected chi connectivity index (χ2v) is 2.58. The minimum atomic E-state index is 0.334. The Morgan fingerprint density at radius 2 is 2.27 bits per heavy atom. The lowest BCUT2D eigenvalue weighted by Crippen LogP contribution is -2.23. The topological polar surface area (TPSA) is 20.3 Å². The summed E-state index contributed by atoms with van der Waals surface area (Å²) >= 11 is 10.9. The van der Waals surface area contributed by atoms with Crippen LogP contribution < -0.4 is 0 Å². The van der Waals surface area contributed by atoms with Crippen LogP contribution in [-0.2, 0) is 4.79 Å². The molecule has 0 radical (unpaired) electrons. The zero-order valence-electron chi connectivity index (χ0n) is 5.96. The summed E-state index contributed by atoms with van der Waals surface area (Å²) in [6, 6.07) is 0. The Balaban J connectivity index is 3.86. The first-order valence-electron chi connectivity index (χ1n) is 2.99. The highest BCUT2D eigenvalue weighted by Gasteiger charge is 1.99. The SMILES string of the molecule is C=CCN(C=O)C/C(Cl)=C/Cl. The van der Waals surface area contributed by atoms with E-state index in [1.165, 1.54) is 10.4 Å². The monoisotopic (exact) mass is 193 g/mol. The van der Waals surface area contributed by atoms with Gasteiger partial charge in [-0.05, 0) is 0 Å². The fourth-order valence-electron chi connectivity index (χ4n) is 0.539. The molecule has 0 heterocycles. The normalized spacial score (nSPS) is 10.9. The fraction of sp³-hybridized carbons (Fsp3) is 0.286. The first-order valence-corrected chi connectivity index (χ1v) is 3.81. The van der Waals surface area contributed by atoms with Gasteiger partial charge in [0.05, 0.1) is 6.54 Å².